The van der Waals surface area contributed by atoms with E-state index in [9.17, 15) is 9.59 Å². The van der Waals surface area contributed by atoms with Crippen LogP contribution in [0.15, 0.2) is 78.9 Å². The Morgan fingerprint density at radius 2 is 1.24 bits per heavy atom. The average molecular weight is 519 g/mol. The highest BCUT2D eigenvalue weighted by Crippen LogP contribution is 2.20. The van der Waals surface area contributed by atoms with Crippen molar-refractivity contribution < 1.29 is 23.8 Å². The molecule has 0 amide bonds. The van der Waals surface area contributed by atoms with E-state index in [2.05, 4.69) is 33.3 Å². The van der Waals surface area contributed by atoms with Crippen LogP contribution in [-0.2, 0) is 16.0 Å². The Labute approximate surface area is 226 Å². The molecule has 0 bridgehead atoms. The highest BCUT2D eigenvalue weighted by Gasteiger charge is 2.12. The summed E-state index contributed by atoms with van der Waals surface area (Å²) in [7, 11) is 6.35. The topological polar surface area (TPSA) is 61.8 Å². The summed E-state index contributed by atoms with van der Waals surface area (Å²) in [4.78, 5) is 24.2. The molecule has 3 rings (SSSR count). The quantitative estimate of drug-likeness (QED) is 0.0981. The number of ether oxygens (including phenoxy) is 3. The Bertz CT molecular complexity index is 1120. The highest BCUT2D eigenvalue weighted by atomic mass is 16.5. The average Bonchev–Trinajstić information content (AvgIpc) is 2.91. The van der Waals surface area contributed by atoms with Crippen molar-refractivity contribution >= 4 is 17.6 Å². The zero-order chi connectivity index (χ0) is 27.2. The summed E-state index contributed by atoms with van der Waals surface area (Å²) in [5.74, 6) is 0.711. The molecule has 0 saturated heterocycles. The molecule has 0 aliphatic heterocycles. The van der Waals surface area contributed by atoms with Crippen LogP contribution < -0.4 is 14.0 Å². The molecule has 38 heavy (non-hydrogen) atoms. The second-order valence-corrected chi connectivity index (χ2v) is 10.3. The van der Waals surface area contributed by atoms with Crippen LogP contribution in [0.1, 0.15) is 54.4 Å². The lowest BCUT2D eigenvalue weighted by Gasteiger charge is -2.23. The summed E-state index contributed by atoms with van der Waals surface area (Å²) in [6, 6.07) is 24.2. The van der Waals surface area contributed by atoms with Crippen molar-refractivity contribution in [2.45, 2.75) is 44.9 Å². The predicted octanol–water partition coefficient (Wildman–Crippen LogP) is 6.61. The van der Waals surface area contributed by atoms with E-state index in [0.29, 0.717) is 30.9 Å². The van der Waals surface area contributed by atoms with Gasteiger partial charge in [-0.2, -0.15) is 0 Å². The fourth-order valence-corrected chi connectivity index (χ4v) is 3.91. The van der Waals surface area contributed by atoms with Crippen LogP contribution in [0.3, 0.4) is 0 Å². The van der Waals surface area contributed by atoms with Crippen molar-refractivity contribution in [2.75, 3.05) is 34.4 Å². The molecule has 0 radical (unpaired) electrons. The first-order valence-corrected chi connectivity index (χ1v) is 13.4. The Hall–Kier alpha value is -3.64. The number of carbonyl (C=O) groups excluding carboxylic acids is 2. The van der Waals surface area contributed by atoms with Gasteiger partial charge in [-0.05, 0) is 66.9 Å². The van der Waals surface area contributed by atoms with Crippen LogP contribution in [0.4, 0.5) is 5.69 Å². The molecule has 6 heteroatoms. The van der Waals surface area contributed by atoms with Crippen molar-refractivity contribution in [3.63, 3.8) is 0 Å². The third kappa shape index (κ3) is 10.4. The van der Waals surface area contributed by atoms with Gasteiger partial charge in [0.15, 0.2) is 0 Å². The lowest BCUT2D eigenvalue weighted by molar-refractivity contribution is -0.142. The molecule has 0 N–H and O–H groups in total. The largest absolute Gasteiger partial charge is 0.494 e. The maximum atomic E-state index is 12.1. The van der Waals surface area contributed by atoms with E-state index in [4.69, 9.17) is 14.2 Å². The molecule has 0 heterocycles. The Morgan fingerprint density at radius 3 is 1.87 bits per heavy atom. The molecule has 0 atom stereocenters. The first kappa shape index (κ1) is 28.9. The Morgan fingerprint density at radius 1 is 0.658 bits per heavy atom. The van der Waals surface area contributed by atoms with Gasteiger partial charge >= 0.3 is 11.9 Å². The number of nitrogens with zero attached hydrogens (tertiary/aromatic N) is 1. The molecule has 0 aliphatic carbocycles. The molecular weight excluding hydrogens is 478 g/mol. The van der Waals surface area contributed by atoms with Gasteiger partial charge in [0.2, 0.25) is 0 Å². The van der Waals surface area contributed by atoms with E-state index in [0.717, 1.165) is 54.3 Å². The minimum atomic E-state index is -0.376. The van der Waals surface area contributed by atoms with Gasteiger partial charge < -0.3 is 14.2 Å². The first-order chi connectivity index (χ1) is 18.3. The van der Waals surface area contributed by atoms with Gasteiger partial charge in [0, 0.05) is 0 Å². The molecule has 202 valence electrons. The molecule has 3 aromatic rings. The predicted molar refractivity (Wildman–Crippen MR) is 152 cm³/mol. The minimum Gasteiger partial charge on any atom is -0.494 e. The number of unbranched alkanes of at least 4 members (excludes halogenated alkanes) is 5. The van der Waals surface area contributed by atoms with Crippen LogP contribution in [-0.4, -0.2) is 46.3 Å². The normalized spacial score (nSPS) is 11.1. The second kappa shape index (κ2) is 14.9. The van der Waals surface area contributed by atoms with Gasteiger partial charge in [-0.3, -0.25) is 9.28 Å². The van der Waals surface area contributed by atoms with Crippen LogP contribution in [0.25, 0.3) is 0 Å². The van der Waals surface area contributed by atoms with Gasteiger partial charge in [0.05, 0.1) is 46.3 Å². The molecule has 3 aromatic carbocycles. The lowest BCUT2D eigenvalue weighted by atomic mass is 10.1. The fraction of sp³-hybridized carbons (Fsp3) is 0.375. The van der Waals surface area contributed by atoms with Crippen LogP contribution in [0.2, 0.25) is 0 Å². The second-order valence-electron chi connectivity index (χ2n) is 10.3. The summed E-state index contributed by atoms with van der Waals surface area (Å²) in [5.41, 5.74) is 2.70. The number of rotatable bonds is 15. The third-order valence-electron chi connectivity index (χ3n) is 6.17. The van der Waals surface area contributed by atoms with Crippen molar-refractivity contribution in [1.29, 1.82) is 0 Å². The standard InChI is InChI=1S/C32H40NO5/c1-33(2,3)28-17-15-26(16-18-28)25-31(34)37-24-12-7-5-4-6-11-23-36-29-19-21-30(22-20-29)38-32(35)27-13-9-8-10-14-27/h8-10,13-22H,4-7,11-12,23-25H2,1-3H3/q+1. The van der Waals surface area contributed by atoms with Gasteiger partial charge in [-0.25, -0.2) is 4.79 Å². The summed E-state index contributed by atoms with van der Waals surface area (Å²) >= 11 is 0. The number of quaternary nitrogens is 1. The molecule has 0 spiro atoms. The van der Waals surface area contributed by atoms with Gasteiger partial charge in [-0.1, -0.05) is 56.0 Å². The van der Waals surface area contributed by atoms with Crippen molar-refractivity contribution in [3.8, 4) is 11.5 Å². The number of esters is 2. The third-order valence-corrected chi connectivity index (χ3v) is 6.17. The summed E-state index contributed by atoms with van der Waals surface area (Å²) < 4.78 is 17.3. The van der Waals surface area contributed by atoms with E-state index < -0.39 is 0 Å². The molecule has 0 unspecified atom stereocenters. The van der Waals surface area contributed by atoms with Crippen LogP contribution in [0.5, 0.6) is 11.5 Å². The van der Waals surface area contributed by atoms with E-state index in [1.807, 2.05) is 30.3 Å². The van der Waals surface area contributed by atoms with Crippen molar-refractivity contribution in [2.24, 2.45) is 0 Å². The fourth-order valence-electron chi connectivity index (χ4n) is 3.91. The minimum absolute atomic E-state index is 0.164. The highest BCUT2D eigenvalue weighted by molar-refractivity contribution is 5.90. The van der Waals surface area contributed by atoms with E-state index in [1.165, 1.54) is 5.69 Å². The number of benzene rings is 3. The maximum absolute atomic E-state index is 12.1. The van der Waals surface area contributed by atoms with E-state index in [-0.39, 0.29) is 11.9 Å². The summed E-state index contributed by atoms with van der Waals surface area (Å²) in [6.45, 7) is 1.13. The molecular formula is C32H40NO5+. The molecule has 0 saturated carbocycles. The SMILES string of the molecule is C[N+](C)(C)c1ccc(CC(=O)OCCCCCCCCOc2ccc(OC(=O)c3ccccc3)cc2)cc1. The monoisotopic (exact) mass is 518 g/mol. The molecule has 0 fully saturated rings. The summed E-state index contributed by atoms with van der Waals surface area (Å²) in [6.07, 6.45) is 6.58. The zero-order valence-electron chi connectivity index (χ0n) is 22.9. The number of carbonyl (C=O) groups is 2. The van der Waals surface area contributed by atoms with Gasteiger partial charge in [-0.15, -0.1) is 0 Å². The summed E-state index contributed by atoms with van der Waals surface area (Å²) in [5, 5.41) is 0. The number of hydrogen-bond donors (Lipinski definition) is 0. The first-order valence-electron chi connectivity index (χ1n) is 13.4. The van der Waals surface area contributed by atoms with Gasteiger partial charge in [0.1, 0.15) is 17.2 Å². The van der Waals surface area contributed by atoms with Crippen LogP contribution in [0, 0.1) is 0 Å². The van der Waals surface area contributed by atoms with E-state index >= 15 is 0 Å². The smallest absolute Gasteiger partial charge is 0.343 e. The van der Waals surface area contributed by atoms with Gasteiger partial charge in [0.25, 0.3) is 0 Å². The maximum Gasteiger partial charge on any atom is 0.343 e. The Balaban J connectivity index is 1.18. The molecule has 0 aromatic heterocycles. The van der Waals surface area contributed by atoms with Crippen LogP contribution >= 0.6 is 0 Å². The number of hydrogen-bond acceptors (Lipinski definition) is 5. The molecule has 0 aliphatic rings. The molecule has 6 nitrogen and oxygen atoms in total. The van der Waals surface area contributed by atoms with E-state index in [1.54, 1.807) is 36.4 Å². The zero-order valence-corrected chi connectivity index (χ0v) is 22.9. The Kier molecular flexibility index (Phi) is 11.4. The van der Waals surface area contributed by atoms with Crippen molar-refractivity contribution in [3.05, 3.63) is 90.0 Å². The van der Waals surface area contributed by atoms with Crippen molar-refractivity contribution in [1.82, 2.24) is 4.48 Å². The lowest BCUT2D eigenvalue weighted by Crippen LogP contribution is -2.34.